The number of urea groups is 1. The number of likely N-dealkylation sites (tertiary alicyclic amines) is 1. The van der Waals surface area contributed by atoms with Crippen LogP contribution in [0.3, 0.4) is 0 Å². The molecule has 124 valence electrons. The van der Waals surface area contributed by atoms with Crippen LogP contribution in [0.15, 0.2) is 24.3 Å². The molecule has 23 heavy (non-hydrogen) atoms. The predicted octanol–water partition coefficient (Wildman–Crippen LogP) is 2.94. The van der Waals surface area contributed by atoms with E-state index in [2.05, 4.69) is 10.6 Å². The normalized spacial score (nSPS) is 21.8. The van der Waals surface area contributed by atoms with Gasteiger partial charge in [0.1, 0.15) is 0 Å². The van der Waals surface area contributed by atoms with Crippen LogP contribution < -0.4 is 10.6 Å². The van der Waals surface area contributed by atoms with E-state index < -0.39 is 0 Å². The van der Waals surface area contributed by atoms with Crippen molar-refractivity contribution in [1.29, 1.82) is 0 Å². The number of amides is 3. The lowest BCUT2D eigenvalue weighted by Crippen LogP contribution is -2.51. The molecule has 0 spiro atoms. The van der Waals surface area contributed by atoms with Gasteiger partial charge in [0.15, 0.2) is 0 Å². The van der Waals surface area contributed by atoms with E-state index in [9.17, 15) is 9.59 Å². The lowest BCUT2D eigenvalue weighted by molar-refractivity contribution is -0.118. The van der Waals surface area contributed by atoms with Crippen molar-refractivity contribution < 1.29 is 9.59 Å². The Balaban J connectivity index is 1.64. The van der Waals surface area contributed by atoms with Gasteiger partial charge in [0.05, 0.1) is 5.92 Å². The summed E-state index contributed by atoms with van der Waals surface area (Å²) in [4.78, 5) is 26.4. The fourth-order valence-corrected chi connectivity index (χ4v) is 3.54. The second kappa shape index (κ2) is 5.87. The van der Waals surface area contributed by atoms with Crippen molar-refractivity contribution in [1.82, 2.24) is 10.2 Å². The molecule has 5 nitrogen and oxygen atoms in total. The molecular formula is C18H25N3O2. The molecule has 2 aliphatic rings. The first-order chi connectivity index (χ1) is 10.8. The van der Waals surface area contributed by atoms with Crippen LogP contribution in [-0.2, 0) is 4.79 Å². The quantitative estimate of drug-likeness (QED) is 0.837. The Hall–Kier alpha value is -2.04. The molecule has 3 amide bonds. The van der Waals surface area contributed by atoms with E-state index in [4.69, 9.17) is 0 Å². The van der Waals surface area contributed by atoms with Gasteiger partial charge in [-0.3, -0.25) is 4.79 Å². The minimum Gasteiger partial charge on any atom is -0.333 e. The van der Waals surface area contributed by atoms with E-state index in [1.165, 1.54) is 0 Å². The van der Waals surface area contributed by atoms with Crippen LogP contribution in [0.1, 0.15) is 45.1 Å². The molecule has 1 fully saturated rings. The van der Waals surface area contributed by atoms with Crippen molar-refractivity contribution in [3.05, 3.63) is 29.8 Å². The van der Waals surface area contributed by atoms with Crippen LogP contribution in [-0.4, -0.2) is 35.5 Å². The summed E-state index contributed by atoms with van der Waals surface area (Å²) in [7, 11) is 0. The van der Waals surface area contributed by atoms with Crippen LogP contribution in [0.5, 0.6) is 0 Å². The molecule has 5 heteroatoms. The molecule has 2 heterocycles. The molecule has 2 aliphatic heterocycles. The summed E-state index contributed by atoms with van der Waals surface area (Å²) < 4.78 is 0. The third-order valence-corrected chi connectivity index (χ3v) is 4.62. The van der Waals surface area contributed by atoms with Gasteiger partial charge in [-0.15, -0.1) is 0 Å². The van der Waals surface area contributed by atoms with E-state index in [0.29, 0.717) is 19.0 Å². The van der Waals surface area contributed by atoms with Crippen molar-refractivity contribution in [3.8, 4) is 0 Å². The van der Waals surface area contributed by atoms with E-state index >= 15 is 0 Å². The molecule has 0 saturated carbocycles. The fraction of sp³-hybridized carbons (Fsp3) is 0.556. The number of fused-ring (bicyclic) bond motifs is 1. The number of nitrogens with zero attached hydrogens (tertiary/aromatic N) is 1. The molecule has 0 bridgehead atoms. The number of piperidine rings is 1. The average molecular weight is 315 g/mol. The average Bonchev–Trinajstić information content (AvgIpc) is 2.81. The highest BCUT2D eigenvalue weighted by Crippen LogP contribution is 2.41. The third kappa shape index (κ3) is 3.33. The zero-order chi connectivity index (χ0) is 16.6. The monoisotopic (exact) mass is 315 g/mol. The first-order valence-corrected chi connectivity index (χ1v) is 8.32. The van der Waals surface area contributed by atoms with Crippen LogP contribution >= 0.6 is 0 Å². The predicted molar refractivity (Wildman–Crippen MR) is 90.4 cm³/mol. The van der Waals surface area contributed by atoms with Crippen molar-refractivity contribution in [3.63, 3.8) is 0 Å². The molecular weight excluding hydrogens is 290 g/mol. The third-order valence-electron chi connectivity index (χ3n) is 4.62. The number of hydrogen-bond acceptors (Lipinski definition) is 2. The zero-order valence-electron chi connectivity index (χ0n) is 14.1. The van der Waals surface area contributed by atoms with Gasteiger partial charge in [-0.25, -0.2) is 4.79 Å². The molecule has 0 aromatic heterocycles. The van der Waals surface area contributed by atoms with Gasteiger partial charge in [0, 0.05) is 24.3 Å². The molecule has 1 aromatic rings. The van der Waals surface area contributed by atoms with Crippen LogP contribution in [0, 0.1) is 5.92 Å². The first kappa shape index (κ1) is 15.8. The largest absolute Gasteiger partial charge is 0.333 e. The number of hydrogen-bond donors (Lipinski definition) is 2. The lowest BCUT2D eigenvalue weighted by Gasteiger charge is -2.35. The number of nitrogens with one attached hydrogen (secondary N) is 2. The molecule has 1 atom stereocenters. The number of rotatable bonds is 1. The maximum atomic E-state index is 12.3. The standard InChI is InChI=1S/C18H25N3O2/c1-18(2,3)20-17(23)21-10-8-12(9-11-21)15-13-6-4-5-7-14(13)19-16(15)22/h4-7,12,15H,8-11H2,1-3H3,(H,19,22)(H,20,23). The summed E-state index contributed by atoms with van der Waals surface area (Å²) >= 11 is 0. The van der Waals surface area contributed by atoms with Gasteiger partial charge in [0.2, 0.25) is 5.91 Å². The SMILES string of the molecule is CC(C)(C)NC(=O)N1CCC(C2C(=O)Nc3ccccc32)CC1. The fourth-order valence-electron chi connectivity index (χ4n) is 3.54. The van der Waals surface area contributed by atoms with Gasteiger partial charge in [0.25, 0.3) is 0 Å². The van der Waals surface area contributed by atoms with Gasteiger partial charge in [-0.2, -0.15) is 0 Å². The van der Waals surface area contributed by atoms with E-state index in [1.54, 1.807) is 0 Å². The molecule has 2 N–H and O–H groups in total. The van der Waals surface area contributed by atoms with Gasteiger partial charge >= 0.3 is 6.03 Å². The van der Waals surface area contributed by atoms with E-state index in [1.807, 2.05) is 49.9 Å². The summed E-state index contributed by atoms with van der Waals surface area (Å²) in [5, 5.41) is 5.98. The van der Waals surface area contributed by atoms with Crippen molar-refractivity contribution in [2.24, 2.45) is 5.92 Å². The van der Waals surface area contributed by atoms with Gasteiger partial charge < -0.3 is 15.5 Å². The number of benzene rings is 1. The Morgan fingerprint density at radius 1 is 1.22 bits per heavy atom. The van der Waals surface area contributed by atoms with E-state index in [-0.39, 0.29) is 23.4 Å². The lowest BCUT2D eigenvalue weighted by atomic mass is 9.81. The Bertz CT molecular complexity index is 613. The topological polar surface area (TPSA) is 61.4 Å². The Morgan fingerprint density at radius 2 is 1.87 bits per heavy atom. The summed E-state index contributed by atoms with van der Waals surface area (Å²) in [6, 6.07) is 7.92. The second-order valence-electron chi connectivity index (χ2n) is 7.56. The highest BCUT2D eigenvalue weighted by atomic mass is 16.2. The second-order valence-corrected chi connectivity index (χ2v) is 7.56. The van der Waals surface area contributed by atoms with Crippen molar-refractivity contribution in [2.75, 3.05) is 18.4 Å². The molecule has 1 aromatic carbocycles. The molecule has 0 aliphatic carbocycles. The van der Waals surface area contributed by atoms with Gasteiger partial charge in [-0.05, 0) is 51.2 Å². The Morgan fingerprint density at radius 3 is 2.52 bits per heavy atom. The maximum Gasteiger partial charge on any atom is 0.317 e. The van der Waals surface area contributed by atoms with Crippen LogP contribution in [0.4, 0.5) is 10.5 Å². The summed E-state index contributed by atoms with van der Waals surface area (Å²) in [6.45, 7) is 7.36. The highest BCUT2D eigenvalue weighted by molar-refractivity contribution is 6.03. The molecule has 1 saturated heterocycles. The zero-order valence-corrected chi connectivity index (χ0v) is 14.1. The Kier molecular flexibility index (Phi) is 4.04. The van der Waals surface area contributed by atoms with Crippen LogP contribution in [0.2, 0.25) is 0 Å². The van der Waals surface area contributed by atoms with Gasteiger partial charge in [-0.1, -0.05) is 18.2 Å². The minimum atomic E-state index is -0.224. The number of carbonyl (C=O) groups excluding carboxylic acids is 2. The number of para-hydroxylation sites is 1. The Labute approximate surface area is 137 Å². The molecule has 1 unspecified atom stereocenters. The van der Waals surface area contributed by atoms with E-state index in [0.717, 1.165) is 24.1 Å². The molecule has 3 rings (SSSR count). The van der Waals surface area contributed by atoms with Crippen LogP contribution in [0.25, 0.3) is 0 Å². The smallest absolute Gasteiger partial charge is 0.317 e. The van der Waals surface area contributed by atoms with Crippen molar-refractivity contribution in [2.45, 2.75) is 45.1 Å². The minimum absolute atomic E-state index is 0.00720. The molecule has 0 radical (unpaired) electrons. The number of anilines is 1. The summed E-state index contributed by atoms with van der Waals surface area (Å²) in [6.07, 6.45) is 1.73. The van der Waals surface area contributed by atoms with Crippen molar-refractivity contribution >= 4 is 17.6 Å². The highest BCUT2D eigenvalue weighted by Gasteiger charge is 2.38. The number of carbonyl (C=O) groups is 2. The maximum absolute atomic E-state index is 12.3. The summed E-state index contributed by atoms with van der Waals surface area (Å²) in [5.41, 5.74) is 1.82. The summed E-state index contributed by atoms with van der Waals surface area (Å²) in [5.74, 6) is 0.333. The first-order valence-electron chi connectivity index (χ1n) is 8.32.